The molecule has 0 unspecified atom stereocenters. The minimum absolute atomic E-state index is 0.0266. The van der Waals surface area contributed by atoms with Crippen LogP contribution in [0, 0.1) is 6.92 Å². The summed E-state index contributed by atoms with van der Waals surface area (Å²) in [4.78, 5) is 1.93. The normalized spacial score (nSPS) is 12.5. The molecular formula is C14H15ClN2O4S2. The summed E-state index contributed by atoms with van der Waals surface area (Å²) < 4.78 is 49.8. The van der Waals surface area contributed by atoms with Crippen LogP contribution in [0.2, 0.25) is 5.02 Å². The lowest BCUT2D eigenvalue weighted by molar-refractivity contribution is 0.432. The van der Waals surface area contributed by atoms with E-state index in [9.17, 15) is 16.8 Å². The van der Waals surface area contributed by atoms with Gasteiger partial charge in [-0.1, -0.05) is 29.3 Å². The van der Waals surface area contributed by atoms with E-state index in [1.807, 2.05) is 11.8 Å². The Hall–Kier alpha value is -1.45. The van der Waals surface area contributed by atoms with Crippen LogP contribution in [0.5, 0.6) is 0 Å². The highest BCUT2D eigenvalue weighted by Crippen LogP contribution is 2.18. The number of hydrazine groups is 1. The van der Waals surface area contributed by atoms with Crippen LogP contribution in [0.3, 0.4) is 0 Å². The molecule has 0 saturated heterocycles. The Bertz CT molecular complexity index is 893. The first-order valence-corrected chi connectivity index (χ1v) is 9.77. The van der Waals surface area contributed by atoms with Gasteiger partial charge in [-0.25, -0.2) is 16.8 Å². The zero-order valence-corrected chi connectivity index (χ0v) is 14.8. The van der Waals surface area contributed by atoms with Crippen molar-refractivity contribution in [3.8, 4) is 0 Å². The molecule has 0 atom stereocenters. The molecule has 0 fully saturated rings. The van der Waals surface area contributed by atoms with Gasteiger partial charge in [0.2, 0.25) is 0 Å². The van der Waals surface area contributed by atoms with Gasteiger partial charge in [0, 0.05) is 12.1 Å². The lowest BCUT2D eigenvalue weighted by Crippen LogP contribution is -2.43. The van der Waals surface area contributed by atoms with Crippen molar-refractivity contribution >= 4 is 31.6 Å². The van der Waals surface area contributed by atoms with Crippen LogP contribution in [-0.2, 0) is 20.0 Å². The van der Waals surface area contributed by atoms with Gasteiger partial charge in [0.1, 0.15) is 0 Å². The quantitative estimate of drug-likeness (QED) is 0.813. The standard InChI is InChI=1S/C14H15ClN2O4S2/c1-11-3-7-13(8-4-11)22(18,19)16-17(2)23(20,21)14-9-5-12(15)6-10-14/h3-10,16H,1-2H3. The predicted octanol–water partition coefficient (Wildman–Crippen LogP) is 2.16. The van der Waals surface area contributed by atoms with Crippen LogP contribution >= 0.6 is 11.6 Å². The van der Waals surface area contributed by atoms with Gasteiger partial charge in [0.25, 0.3) is 20.0 Å². The molecule has 2 aromatic carbocycles. The molecule has 0 aliphatic rings. The van der Waals surface area contributed by atoms with Gasteiger partial charge < -0.3 is 0 Å². The molecule has 6 nitrogen and oxygen atoms in total. The smallest absolute Gasteiger partial charge is 0.206 e. The Morgan fingerprint density at radius 1 is 0.870 bits per heavy atom. The maximum absolute atomic E-state index is 12.4. The predicted molar refractivity (Wildman–Crippen MR) is 87.9 cm³/mol. The summed E-state index contributed by atoms with van der Waals surface area (Å²) in [5.41, 5.74) is 0.895. The Morgan fingerprint density at radius 2 is 1.35 bits per heavy atom. The largest absolute Gasteiger partial charge is 0.256 e. The van der Waals surface area contributed by atoms with Gasteiger partial charge in [-0.05, 0) is 43.3 Å². The van der Waals surface area contributed by atoms with Crippen molar-refractivity contribution in [1.29, 1.82) is 0 Å². The van der Waals surface area contributed by atoms with Crippen molar-refractivity contribution in [1.82, 2.24) is 9.25 Å². The molecule has 0 radical (unpaired) electrons. The fourth-order valence-electron chi connectivity index (χ4n) is 1.75. The summed E-state index contributed by atoms with van der Waals surface area (Å²) in [6.45, 7) is 1.82. The zero-order chi connectivity index (χ0) is 17.3. The molecular weight excluding hydrogens is 360 g/mol. The van der Waals surface area contributed by atoms with Gasteiger partial charge in [0.15, 0.2) is 0 Å². The molecule has 0 aromatic heterocycles. The Morgan fingerprint density at radius 3 is 1.87 bits per heavy atom. The van der Waals surface area contributed by atoms with Gasteiger partial charge in [-0.15, -0.1) is 9.25 Å². The Kier molecular flexibility index (Phi) is 5.12. The number of benzene rings is 2. The lowest BCUT2D eigenvalue weighted by atomic mass is 10.2. The Balaban J connectivity index is 2.28. The highest BCUT2D eigenvalue weighted by Gasteiger charge is 2.26. The molecule has 0 aliphatic carbocycles. The lowest BCUT2D eigenvalue weighted by Gasteiger charge is -2.18. The van der Waals surface area contributed by atoms with Crippen molar-refractivity contribution in [2.45, 2.75) is 16.7 Å². The van der Waals surface area contributed by atoms with Gasteiger partial charge in [-0.3, -0.25) is 0 Å². The molecule has 0 spiro atoms. The summed E-state index contributed by atoms with van der Waals surface area (Å²) in [6, 6.07) is 11.5. The second-order valence-electron chi connectivity index (χ2n) is 4.83. The molecule has 23 heavy (non-hydrogen) atoms. The van der Waals surface area contributed by atoms with Crippen LogP contribution < -0.4 is 4.83 Å². The molecule has 1 N–H and O–H groups in total. The van der Waals surface area contributed by atoms with Crippen LogP contribution in [0.25, 0.3) is 0 Å². The van der Waals surface area contributed by atoms with E-state index in [1.165, 1.54) is 36.4 Å². The monoisotopic (exact) mass is 374 g/mol. The molecule has 0 amide bonds. The van der Waals surface area contributed by atoms with E-state index in [1.54, 1.807) is 12.1 Å². The van der Waals surface area contributed by atoms with E-state index >= 15 is 0 Å². The van der Waals surface area contributed by atoms with E-state index in [0.29, 0.717) is 9.44 Å². The topological polar surface area (TPSA) is 83.6 Å². The van der Waals surface area contributed by atoms with Gasteiger partial charge in [0.05, 0.1) is 9.79 Å². The van der Waals surface area contributed by atoms with Gasteiger partial charge >= 0.3 is 0 Å². The second kappa shape index (κ2) is 6.58. The number of hydrogen-bond acceptors (Lipinski definition) is 4. The van der Waals surface area contributed by atoms with Crippen molar-refractivity contribution in [3.05, 3.63) is 59.1 Å². The van der Waals surface area contributed by atoms with Crippen molar-refractivity contribution in [2.24, 2.45) is 0 Å². The average Bonchev–Trinajstić information content (AvgIpc) is 2.47. The first-order chi connectivity index (χ1) is 10.6. The number of nitrogens with one attached hydrogen (secondary N) is 1. The molecule has 124 valence electrons. The van der Waals surface area contributed by atoms with E-state index in [2.05, 4.69) is 0 Å². The molecule has 0 heterocycles. The number of sulfonamides is 2. The fourth-order valence-corrected chi connectivity index (χ4v) is 4.30. The number of nitrogens with zero attached hydrogens (tertiary/aromatic N) is 1. The highest BCUT2D eigenvalue weighted by molar-refractivity contribution is 7.92. The average molecular weight is 375 g/mol. The van der Waals surface area contributed by atoms with E-state index in [4.69, 9.17) is 11.6 Å². The summed E-state index contributed by atoms with van der Waals surface area (Å²) in [5.74, 6) is 0. The fraction of sp³-hybridized carbons (Fsp3) is 0.143. The first kappa shape index (κ1) is 17.9. The highest BCUT2D eigenvalue weighted by atomic mass is 35.5. The van der Waals surface area contributed by atoms with E-state index < -0.39 is 20.0 Å². The summed E-state index contributed by atoms with van der Waals surface area (Å²) in [7, 11) is -6.90. The van der Waals surface area contributed by atoms with E-state index in [0.717, 1.165) is 12.6 Å². The van der Waals surface area contributed by atoms with Crippen LogP contribution in [-0.4, -0.2) is 28.3 Å². The second-order valence-corrected chi connectivity index (χ2v) is 8.90. The molecule has 2 rings (SSSR count). The third-order valence-electron chi connectivity index (χ3n) is 3.05. The first-order valence-electron chi connectivity index (χ1n) is 6.46. The summed E-state index contributed by atoms with van der Waals surface area (Å²) >= 11 is 5.72. The van der Waals surface area contributed by atoms with Crippen molar-refractivity contribution in [2.75, 3.05) is 7.05 Å². The molecule has 0 bridgehead atoms. The van der Waals surface area contributed by atoms with Crippen molar-refractivity contribution in [3.63, 3.8) is 0 Å². The maximum Gasteiger partial charge on any atom is 0.256 e. The minimum Gasteiger partial charge on any atom is -0.206 e. The third-order valence-corrected chi connectivity index (χ3v) is 6.51. The van der Waals surface area contributed by atoms with Gasteiger partial charge in [-0.2, -0.15) is 0 Å². The Labute approximate surface area is 140 Å². The number of halogens is 1. The van der Waals surface area contributed by atoms with Crippen LogP contribution in [0.15, 0.2) is 58.3 Å². The van der Waals surface area contributed by atoms with E-state index in [-0.39, 0.29) is 9.79 Å². The minimum atomic E-state index is -4.02. The number of hydrogen-bond donors (Lipinski definition) is 1. The third kappa shape index (κ3) is 4.10. The van der Waals surface area contributed by atoms with Crippen LogP contribution in [0.1, 0.15) is 5.56 Å². The molecule has 0 aliphatic heterocycles. The number of aryl methyl sites for hydroxylation is 1. The van der Waals surface area contributed by atoms with Crippen molar-refractivity contribution < 1.29 is 16.8 Å². The summed E-state index contributed by atoms with van der Waals surface area (Å²) in [6.07, 6.45) is 0. The number of rotatable bonds is 5. The molecule has 2 aromatic rings. The SMILES string of the molecule is Cc1ccc(S(=O)(=O)NN(C)S(=O)(=O)c2ccc(Cl)cc2)cc1. The molecule has 0 saturated carbocycles. The van der Waals surface area contributed by atoms with Crippen LogP contribution in [0.4, 0.5) is 0 Å². The summed E-state index contributed by atoms with van der Waals surface area (Å²) in [5, 5.41) is 0.381. The molecule has 9 heteroatoms. The zero-order valence-electron chi connectivity index (χ0n) is 12.4. The maximum atomic E-state index is 12.4.